The van der Waals surface area contributed by atoms with Gasteiger partial charge >= 0.3 is 0 Å². The molecule has 154 valence electrons. The van der Waals surface area contributed by atoms with E-state index in [1.165, 1.54) is 52.7 Å². The minimum absolute atomic E-state index is 0.821. The van der Waals surface area contributed by atoms with Crippen LogP contribution in [-0.2, 0) is 19.4 Å². The second kappa shape index (κ2) is 7.79. The molecule has 0 bridgehead atoms. The highest BCUT2D eigenvalue weighted by atomic mass is 15.1. The number of benzene rings is 2. The number of hydrogen-bond donors (Lipinski definition) is 0. The van der Waals surface area contributed by atoms with Crippen molar-refractivity contribution in [2.24, 2.45) is 10.9 Å². The van der Waals surface area contributed by atoms with Gasteiger partial charge in [0.05, 0.1) is 23.3 Å². The Morgan fingerprint density at radius 3 is 2.80 bits per heavy atom. The van der Waals surface area contributed by atoms with E-state index in [0.717, 1.165) is 43.1 Å². The van der Waals surface area contributed by atoms with Crippen molar-refractivity contribution in [2.45, 2.75) is 45.6 Å². The molecule has 0 saturated heterocycles. The first kappa shape index (κ1) is 19.2. The number of aromatic nitrogens is 1. The number of aliphatic imine (C=N–C) groups is 1. The van der Waals surface area contributed by atoms with Gasteiger partial charge in [0.1, 0.15) is 0 Å². The van der Waals surface area contributed by atoms with Gasteiger partial charge in [-0.2, -0.15) is 0 Å². The van der Waals surface area contributed by atoms with E-state index in [1.54, 1.807) is 0 Å². The summed E-state index contributed by atoms with van der Waals surface area (Å²) in [5, 5.41) is 1.33. The van der Waals surface area contributed by atoms with Gasteiger partial charge in [0, 0.05) is 31.0 Å². The summed E-state index contributed by atoms with van der Waals surface area (Å²) in [5.74, 6) is 0.821. The van der Waals surface area contributed by atoms with Crippen LogP contribution >= 0.6 is 0 Å². The summed E-state index contributed by atoms with van der Waals surface area (Å²) in [6.45, 7) is 8.39. The molecule has 1 saturated carbocycles. The summed E-state index contributed by atoms with van der Waals surface area (Å²) in [5.41, 5.74) is 8.81. The second-order valence-corrected chi connectivity index (χ2v) is 8.91. The average molecular weight is 398 g/mol. The fourth-order valence-electron chi connectivity index (χ4n) is 4.73. The van der Waals surface area contributed by atoms with Gasteiger partial charge in [-0.3, -0.25) is 4.99 Å². The predicted octanol–water partition coefficient (Wildman–Crippen LogP) is 6.39. The summed E-state index contributed by atoms with van der Waals surface area (Å²) in [6, 6.07) is 13.7. The van der Waals surface area contributed by atoms with Crippen LogP contribution in [0, 0.1) is 5.92 Å². The molecule has 0 amide bonds. The highest BCUT2D eigenvalue weighted by Gasteiger charge is 2.24. The molecule has 1 fully saturated rings. The Kier molecular flexibility index (Phi) is 4.98. The van der Waals surface area contributed by atoms with Crippen LogP contribution in [0.25, 0.3) is 17.0 Å². The van der Waals surface area contributed by atoms with Crippen LogP contribution in [0.1, 0.15) is 48.6 Å². The quantitative estimate of drug-likeness (QED) is 0.441. The van der Waals surface area contributed by atoms with E-state index in [0.29, 0.717) is 0 Å². The van der Waals surface area contributed by atoms with Crippen LogP contribution < -0.4 is 4.90 Å². The van der Waals surface area contributed by atoms with Gasteiger partial charge in [0.15, 0.2) is 0 Å². The standard InChI is InChI=1S/C27H31N3/c1-4-19-10-11-26-23(13-19)16-24(30(26)18-21-8-9-21)17-28-25-15-20(5-2)14-22-7-6-12-29(3)27(22)25/h5,10-11,13-17,21H,2,4,6-9,12,18H2,1,3H3. The van der Waals surface area contributed by atoms with Crippen molar-refractivity contribution in [2.75, 3.05) is 18.5 Å². The molecule has 3 nitrogen and oxygen atoms in total. The largest absolute Gasteiger partial charge is 0.373 e. The highest BCUT2D eigenvalue weighted by Crippen LogP contribution is 2.38. The third kappa shape index (κ3) is 3.58. The van der Waals surface area contributed by atoms with Crippen LogP contribution in [0.2, 0.25) is 0 Å². The number of rotatable bonds is 6. The van der Waals surface area contributed by atoms with Crippen LogP contribution in [-0.4, -0.2) is 24.4 Å². The van der Waals surface area contributed by atoms with Crippen LogP contribution in [0.5, 0.6) is 0 Å². The lowest BCUT2D eigenvalue weighted by Crippen LogP contribution is -2.24. The molecule has 0 unspecified atom stereocenters. The Balaban J connectivity index is 1.59. The molecule has 2 aliphatic rings. The minimum atomic E-state index is 0.821. The lowest BCUT2D eigenvalue weighted by atomic mass is 9.98. The zero-order valence-electron chi connectivity index (χ0n) is 18.2. The normalized spacial score (nSPS) is 16.4. The Labute approximate surface area is 179 Å². The molecule has 3 aromatic rings. The maximum Gasteiger partial charge on any atom is 0.0872 e. The van der Waals surface area contributed by atoms with Crippen molar-refractivity contribution in [1.29, 1.82) is 0 Å². The van der Waals surface area contributed by atoms with Crippen molar-refractivity contribution in [3.63, 3.8) is 0 Å². The van der Waals surface area contributed by atoms with Crippen molar-refractivity contribution in [1.82, 2.24) is 4.57 Å². The molecule has 2 aromatic carbocycles. The molecule has 0 radical (unpaired) electrons. The summed E-state index contributed by atoms with van der Waals surface area (Å²) >= 11 is 0. The molecule has 5 rings (SSSR count). The topological polar surface area (TPSA) is 20.5 Å². The van der Waals surface area contributed by atoms with Gasteiger partial charge < -0.3 is 9.47 Å². The molecule has 1 aliphatic carbocycles. The first-order valence-electron chi connectivity index (χ1n) is 11.3. The summed E-state index contributed by atoms with van der Waals surface area (Å²) in [4.78, 5) is 7.39. The first-order chi connectivity index (χ1) is 14.7. The number of anilines is 1. The third-order valence-electron chi connectivity index (χ3n) is 6.63. The summed E-state index contributed by atoms with van der Waals surface area (Å²) in [6.07, 6.45) is 10.1. The molecule has 2 heterocycles. The summed E-state index contributed by atoms with van der Waals surface area (Å²) < 4.78 is 2.48. The molecule has 1 aromatic heterocycles. The average Bonchev–Trinajstić information content (AvgIpc) is 3.52. The van der Waals surface area contributed by atoms with E-state index < -0.39 is 0 Å². The van der Waals surface area contributed by atoms with Crippen LogP contribution in [0.4, 0.5) is 11.4 Å². The number of aryl methyl sites for hydroxylation is 2. The van der Waals surface area contributed by atoms with Crippen molar-refractivity contribution >= 4 is 34.6 Å². The lowest BCUT2D eigenvalue weighted by molar-refractivity contribution is 0.644. The third-order valence-corrected chi connectivity index (χ3v) is 6.63. The fourth-order valence-corrected chi connectivity index (χ4v) is 4.73. The van der Waals surface area contributed by atoms with Gasteiger partial charge in [0.25, 0.3) is 0 Å². The van der Waals surface area contributed by atoms with Gasteiger partial charge in [-0.05, 0) is 85.0 Å². The predicted molar refractivity (Wildman–Crippen MR) is 129 cm³/mol. The van der Waals surface area contributed by atoms with Gasteiger partial charge in [0.2, 0.25) is 0 Å². The molecule has 3 heteroatoms. The monoisotopic (exact) mass is 397 g/mol. The lowest BCUT2D eigenvalue weighted by Gasteiger charge is -2.29. The van der Waals surface area contributed by atoms with E-state index in [1.807, 2.05) is 6.08 Å². The van der Waals surface area contributed by atoms with E-state index in [-0.39, 0.29) is 0 Å². The molecule has 1 aliphatic heterocycles. The molecule has 0 spiro atoms. The Bertz CT molecular complexity index is 1130. The van der Waals surface area contributed by atoms with E-state index in [9.17, 15) is 0 Å². The Morgan fingerprint density at radius 2 is 2.03 bits per heavy atom. The minimum Gasteiger partial charge on any atom is -0.373 e. The van der Waals surface area contributed by atoms with Gasteiger partial charge in [-0.25, -0.2) is 0 Å². The van der Waals surface area contributed by atoms with E-state index in [2.05, 4.69) is 72.6 Å². The number of nitrogens with zero attached hydrogens (tertiary/aromatic N) is 3. The molecule has 30 heavy (non-hydrogen) atoms. The number of fused-ring (bicyclic) bond motifs is 2. The maximum atomic E-state index is 5.04. The van der Waals surface area contributed by atoms with Gasteiger partial charge in [-0.1, -0.05) is 25.6 Å². The summed E-state index contributed by atoms with van der Waals surface area (Å²) in [7, 11) is 2.18. The van der Waals surface area contributed by atoms with Crippen molar-refractivity contribution in [3.8, 4) is 0 Å². The zero-order chi connectivity index (χ0) is 20.7. The highest BCUT2D eigenvalue weighted by molar-refractivity contribution is 5.93. The number of hydrogen-bond acceptors (Lipinski definition) is 2. The maximum absolute atomic E-state index is 5.04. The second-order valence-electron chi connectivity index (χ2n) is 8.91. The Hall–Kier alpha value is -2.81. The van der Waals surface area contributed by atoms with Crippen molar-refractivity contribution in [3.05, 3.63) is 65.4 Å². The molecular weight excluding hydrogens is 366 g/mol. The van der Waals surface area contributed by atoms with Crippen LogP contribution in [0.3, 0.4) is 0 Å². The smallest absolute Gasteiger partial charge is 0.0872 e. The van der Waals surface area contributed by atoms with Gasteiger partial charge in [-0.15, -0.1) is 0 Å². The van der Waals surface area contributed by atoms with Crippen LogP contribution in [0.15, 0.2) is 48.0 Å². The van der Waals surface area contributed by atoms with E-state index >= 15 is 0 Å². The molecule has 0 atom stereocenters. The van der Waals surface area contributed by atoms with E-state index in [4.69, 9.17) is 4.99 Å². The molecular formula is C27H31N3. The molecule has 0 N–H and O–H groups in total. The van der Waals surface area contributed by atoms with Crippen molar-refractivity contribution < 1.29 is 0 Å². The fraction of sp³-hybridized carbons (Fsp3) is 0.370. The Morgan fingerprint density at radius 1 is 1.17 bits per heavy atom. The SMILES string of the molecule is C=Cc1cc2c(c(N=Cc3cc4cc(CC)ccc4n3CC3CC3)c1)N(C)CCC2. The zero-order valence-corrected chi connectivity index (χ0v) is 18.2. The first-order valence-corrected chi connectivity index (χ1v) is 11.3.